The van der Waals surface area contributed by atoms with Crippen molar-refractivity contribution in [1.82, 2.24) is 9.97 Å². The molecule has 150 valence electrons. The molecule has 0 saturated carbocycles. The van der Waals surface area contributed by atoms with Crippen molar-refractivity contribution in [2.24, 2.45) is 0 Å². The molecule has 3 aromatic rings. The lowest BCUT2D eigenvalue weighted by Crippen LogP contribution is -2.21. The van der Waals surface area contributed by atoms with Crippen LogP contribution in [-0.4, -0.2) is 29.9 Å². The minimum Gasteiger partial charge on any atom is -0.454 e. The molecule has 0 aliphatic carbocycles. The van der Waals surface area contributed by atoms with Gasteiger partial charge in [-0.1, -0.05) is 0 Å². The van der Waals surface area contributed by atoms with Crippen molar-refractivity contribution < 1.29 is 9.47 Å². The van der Waals surface area contributed by atoms with E-state index >= 15 is 0 Å². The normalized spacial score (nSPS) is 12.0. The Morgan fingerprint density at radius 3 is 2.34 bits per heavy atom. The molecule has 0 atom stereocenters. The van der Waals surface area contributed by atoms with Crippen molar-refractivity contribution in [3.63, 3.8) is 0 Å². The molecule has 29 heavy (non-hydrogen) atoms. The predicted molar refractivity (Wildman–Crippen MR) is 116 cm³/mol. The summed E-state index contributed by atoms with van der Waals surface area (Å²) >= 11 is 0. The Bertz CT molecular complexity index is 987. The van der Waals surface area contributed by atoms with Gasteiger partial charge in [0.25, 0.3) is 0 Å². The van der Waals surface area contributed by atoms with Gasteiger partial charge >= 0.3 is 0 Å². The minimum atomic E-state index is 0.251. The lowest BCUT2D eigenvalue weighted by molar-refractivity contribution is 0.174. The molecule has 0 bridgehead atoms. The predicted octanol–water partition coefficient (Wildman–Crippen LogP) is 4.85. The van der Waals surface area contributed by atoms with Crippen LogP contribution in [0, 0.1) is 6.92 Å². The molecule has 0 spiro atoms. The lowest BCUT2D eigenvalue weighted by Gasteiger charge is -2.21. The third kappa shape index (κ3) is 4.34. The van der Waals surface area contributed by atoms with Crippen molar-refractivity contribution in [3.05, 3.63) is 54.2 Å². The Kier molecular flexibility index (Phi) is 5.37. The van der Waals surface area contributed by atoms with Crippen LogP contribution in [0.1, 0.15) is 19.5 Å². The fourth-order valence-corrected chi connectivity index (χ4v) is 3.28. The molecular formula is C22H25N5O2. The van der Waals surface area contributed by atoms with Gasteiger partial charge in [0.15, 0.2) is 11.5 Å². The summed E-state index contributed by atoms with van der Waals surface area (Å²) in [6.07, 6.45) is 0. The summed E-state index contributed by atoms with van der Waals surface area (Å²) < 4.78 is 10.8. The number of anilines is 5. The first-order chi connectivity index (χ1) is 14.1. The van der Waals surface area contributed by atoms with Crippen LogP contribution in [0.3, 0.4) is 0 Å². The van der Waals surface area contributed by atoms with Crippen molar-refractivity contribution in [2.45, 2.75) is 20.8 Å². The summed E-state index contributed by atoms with van der Waals surface area (Å²) in [6.45, 7) is 8.50. The highest BCUT2D eigenvalue weighted by Gasteiger charge is 2.14. The number of rotatable bonds is 7. The monoisotopic (exact) mass is 391 g/mol. The van der Waals surface area contributed by atoms with Crippen LogP contribution in [-0.2, 0) is 0 Å². The molecule has 4 rings (SSSR count). The highest BCUT2D eigenvalue weighted by atomic mass is 16.7. The van der Waals surface area contributed by atoms with E-state index in [2.05, 4.69) is 63.6 Å². The SMILES string of the molecule is CCN(CC)c1ccc(Nc2cc(C)nc(Nc3ccc4c(c3)OCO4)n2)cc1. The second kappa shape index (κ2) is 8.26. The number of aryl methyl sites for hydroxylation is 1. The molecule has 0 amide bonds. The van der Waals surface area contributed by atoms with Crippen LogP contribution in [0.2, 0.25) is 0 Å². The van der Waals surface area contributed by atoms with Gasteiger partial charge in [0, 0.05) is 48.0 Å². The van der Waals surface area contributed by atoms with Crippen molar-refractivity contribution in [3.8, 4) is 11.5 Å². The zero-order chi connectivity index (χ0) is 20.2. The summed E-state index contributed by atoms with van der Waals surface area (Å²) in [5.74, 6) is 2.72. The summed E-state index contributed by atoms with van der Waals surface area (Å²) in [7, 11) is 0. The molecule has 2 N–H and O–H groups in total. The van der Waals surface area contributed by atoms with E-state index in [9.17, 15) is 0 Å². The molecule has 7 nitrogen and oxygen atoms in total. The minimum absolute atomic E-state index is 0.251. The van der Waals surface area contributed by atoms with E-state index in [1.807, 2.05) is 31.2 Å². The Hall–Kier alpha value is -3.48. The van der Waals surface area contributed by atoms with E-state index in [-0.39, 0.29) is 6.79 Å². The quantitative estimate of drug-likeness (QED) is 0.597. The average molecular weight is 391 g/mol. The van der Waals surface area contributed by atoms with Gasteiger partial charge in [0.05, 0.1) is 0 Å². The van der Waals surface area contributed by atoms with Crippen LogP contribution in [0.5, 0.6) is 11.5 Å². The van der Waals surface area contributed by atoms with Gasteiger partial charge in [-0.25, -0.2) is 4.98 Å². The fourth-order valence-electron chi connectivity index (χ4n) is 3.28. The van der Waals surface area contributed by atoms with E-state index in [1.165, 1.54) is 5.69 Å². The first kappa shape index (κ1) is 18.9. The zero-order valence-electron chi connectivity index (χ0n) is 16.9. The molecule has 7 heteroatoms. The van der Waals surface area contributed by atoms with Crippen LogP contribution in [0.25, 0.3) is 0 Å². The van der Waals surface area contributed by atoms with Gasteiger partial charge in [0.1, 0.15) is 5.82 Å². The molecule has 0 fully saturated rings. The highest BCUT2D eigenvalue weighted by molar-refractivity contribution is 5.64. The average Bonchev–Trinajstić information content (AvgIpc) is 3.17. The van der Waals surface area contributed by atoms with E-state index < -0.39 is 0 Å². The molecule has 0 radical (unpaired) electrons. The topological polar surface area (TPSA) is 71.5 Å². The highest BCUT2D eigenvalue weighted by Crippen LogP contribution is 2.35. The summed E-state index contributed by atoms with van der Waals surface area (Å²) in [4.78, 5) is 11.4. The second-order valence-corrected chi connectivity index (χ2v) is 6.76. The Labute approximate surface area is 170 Å². The number of benzene rings is 2. The number of hydrogen-bond acceptors (Lipinski definition) is 7. The Morgan fingerprint density at radius 1 is 0.862 bits per heavy atom. The zero-order valence-corrected chi connectivity index (χ0v) is 16.9. The molecule has 2 aromatic carbocycles. The molecule has 0 unspecified atom stereocenters. The van der Waals surface area contributed by atoms with Crippen LogP contribution < -0.4 is 25.0 Å². The van der Waals surface area contributed by atoms with Gasteiger partial charge in [-0.15, -0.1) is 0 Å². The maximum absolute atomic E-state index is 5.43. The number of ether oxygens (including phenoxy) is 2. The van der Waals surface area contributed by atoms with Gasteiger partial charge in [0.2, 0.25) is 12.7 Å². The lowest BCUT2D eigenvalue weighted by atomic mass is 10.2. The third-order valence-corrected chi connectivity index (χ3v) is 4.75. The number of fused-ring (bicyclic) bond motifs is 1. The molecular weight excluding hydrogens is 366 g/mol. The van der Waals surface area contributed by atoms with Crippen molar-refractivity contribution >= 4 is 28.8 Å². The summed E-state index contributed by atoms with van der Waals surface area (Å²) in [5.41, 5.74) is 3.90. The molecule has 1 aliphatic heterocycles. The molecule has 1 aromatic heterocycles. The van der Waals surface area contributed by atoms with Gasteiger partial charge < -0.3 is 25.0 Å². The number of aromatic nitrogens is 2. The van der Waals surface area contributed by atoms with E-state index in [0.717, 1.165) is 41.7 Å². The smallest absolute Gasteiger partial charge is 0.231 e. The summed E-state index contributed by atoms with van der Waals surface area (Å²) in [5, 5.41) is 6.60. The van der Waals surface area contributed by atoms with Crippen molar-refractivity contribution in [1.29, 1.82) is 0 Å². The number of hydrogen-bond donors (Lipinski definition) is 2. The largest absolute Gasteiger partial charge is 0.454 e. The Balaban J connectivity index is 1.49. The summed E-state index contributed by atoms with van der Waals surface area (Å²) in [6, 6.07) is 16.0. The van der Waals surface area contributed by atoms with Gasteiger partial charge in [-0.2, -0.15) is 4.98 Å². The number of nitrogens with zero attached hydrogens (tertiary/aromatic N) is 3. The van der Waals surface area contributed by atoms with Gasteiger partial charge in [-0.05, 0) is 57.2 Å². The molecule has 2 heterocycles. The maximum Gasteiger partial charge on any atom is 0.231 e. The van der Waals surface area contributed by atoms with E-state index in [4.69, 9.17) is 9.47 Å². The van der Waals surface area contributed by atoms with E-state index in [1.54, 1.807) is 0 Å². The standard InChI is InChI=1S/C22H25N5O2/c1-4-27(5-2)18-9-6-16(7-10-18)24-21-12-15(3)23-22(26-21)25-17-8-11-19-20(13-17)29-14-28-19/h6-13H,4-5,14H2,1-3H3,(H2,23,24,25,26). The Morgan fingerprint density at radius 2 is 1.59 bits per heavy atom. The third-order valence-electron chi connectivity index (χ3n) is 4.75. The van der Waals surface area contributed by atoms with Crippen molar-refractivity contribution in [2.75, 3.05) is 35.4 Å². The first-order valence-electron chi connectivity index (χ1n) is 9.79. The maximum atomic E-state index is 5.43. The van der Waals surface area contributed by atoms with Crippen LogP contribution in [0.15, 0.2) is 48.5 Å². The van der Waals surface area contributed by atoms with Crippen LogP contribution in [0.4, 0.5) is 28.8 Å². The molecule has 1 aliphatic rings. The number of nitrogens with one attached hydrogen (secondary N) is 2. The first-order valence-corrected chi connectivity index (χ1v) is 9.79. The van der Waals surface area contributed by atoms with E-state index in [0.29, 0.717) is 11.7 Å². The second-order valence-electron chi connectivity index (χ2n) is 6.76. The van der Waals surface area contributed by atoms with Crippen LogP contribution >= 0.6 is 0 Å². The van der Waals surface area contributed by atoms with Gasteiger partial charge in [-0.3, -0.25) is 0 Å². The molecule has 0 saturated heterocycles. The fraction of sp³-hybridized carbons (Fsp3) is 0.273.